The van der Waals surface area contributed by atoms with Gasteiger partial charge in [-0.25, -0.2) is 0 Å². The molecule has 0 aliphatic carbocycles. The van der Waals surface area contributed by atoms with Gasteiger partial charge in [0.2, 0.25) is 0 Å². The van der Waals surface area contributed by atoms with Crippen LogP contribution in [0.15, 0.2) is 15.9 Å². The Bertz CT molecular complexity index is 372. The van der Waals surface area contributed by atoms with E-state index in [1.807, 2.05) is 6.07 Å². The monoisotopic (exact) mass is 290 g/mol. The maximum absolute atomic E-state index is 11.8. The molecule has 1 rings (SSSR count). The molecule has 1 aromatic heterocycles. The number of hydrogen-bond donors (Lipinski definition) is 0. The summed E-state index contributed by atoms with van der Waals surface area (Å²) in [6, 6.07) is 3.58. The second kappa shape index (κ2) is 5.42. The largest absolute Gasteiger partial charge is 0.469 e. The van der Waals surface area contributed by atoms with Crippen LogP contribution < -0.4 is 0 Å². The van der Waals surface area contributed by atoms with Gasteiger partial charge in [0.25, 0.3) is 0 Å². The van der Waals surface area contributed by atoms with Crippen molar-refractivity contribution in [1.29, 1.82) is 0 Å². The van der Waals surface area contributed by atoms with E-state index in [2.05, 4.69) is 20.7 Å². The fraction of sp³-hybridized carbons (Fsp3) is 0.400. The average Bonchev–Trinajstić information content (AvgIpc) is 2.63. The van der Waals surface area contributed by atoms with Crippen molar-refractivity contribution in [1.82, 2.24) is 0 Å². The standard InChI is InChI=1S/C10H11BrO3S/c1-6(5-9(12)14-2)10(13)7-3-4-8(11)15-7/h3-4,6H,5H2,1-2H3. The van der Waals surface area contributed by atoms with Gasteiger partial charge in [-0.15, -0.1) is 11.3 Å². The number of carbonyl (C=O) groups excluding carboxylic acids is 2. The SMILES string of the molecule is COC(=O)CC(C)C(=O)c1ccc(Br)s1. The maximum Gasteiger partial charge on any atom is 0.306 e. The number of Topliss-reactive ketones (excluding diaryl/α,β-unsaturated/α-hetero) is 1. The molecule has 0 bridgehead atoms. The number of rotatable bonds is 4. The minimum atomic E-state index is -0.355. The van der Waals surface area contributed by atoms with Gasteiger partial charge in [-0.05, 0) is 28.1 Å². The molecule has 1 atom stereocenters. The molecule has 1 unspecified atom stereocenters. The van der Waals surface area contributed by atoms with Crippen LogP contribution in [0.5, 0.6) is 0 Å². The topological polar surface area (TPSA) is 43.4 Å². The van der Waals surface area contributed by atoms with Crippen LogP contribution in [-0.4, -0.2) is 18.9 Å². The summed E-state index contributed by atoms with van der Waals surface area (Å²) in [6.45, 7) is 1.73. The normalized spacial score (nSPS) is 12.2. The van der Waals surface area contributed by atoms with Crippen molar-refractivity contribution in [2.45, 2.75) is 13.3 Å². The number of thiophene rings is 1. The molecule has 82 valence electrons. The first kappa shape index (κ1) is 12.4. The highest BCUT2D eigenvalue weighted by Gasteiger charge is 2.20. The van der Waals surface area contributed by atoms with E-state index in [4.69, 9.17) is 0 Å². The summed E-state index contributed by atoms with van der Waals surface area (Å²) >= 11 is 4.66. The Balaban J connectivity index is 2.64. The van der Waals surface area contributed by atoms with Crippen molar-refractivity contribution < 1.29 is 14.3 Å². The zero-order chi connectivity index (χ0) is 11.4. The minimum absolute atomic E-state index is 0.0175. The minimum Gasteiger partial charge on any atom is -0.469 e. The van der Waals surface area contributed by atoms with Crippen LogP contribution in [-0.2, 0) is 9.53 Å². The summed E-state index contributed by atoms with van der Waals surface area (Å²) in [5.74, 6) is -0.703. The Hall–Kier alpha value is -0.680. The van der Waals surface area contributed by atoms with E-state index < -0.39 is 0 Å². The van der Waals surface area contributed by atoms with E-state index in [-0.39, 0.29) is 24.1 Å². The van der Waals surface area contributed by atoms with Crippen molar-refractivity contribution in [3.05, 3.63) is 20.8 Å². The van der Waals surface area contributed by atoms with Gasteiger partial charge in [0.1, 0.15) is 0 Å². The molecule has 0 aliphatic rings. The van der Waals surface area contributed by atoms with Gasteiger partial charge in [0.15, 0.2) is 5.78 Å². The molecule has 5 heteroatoms. The van der Waals surface area contributed by atoms with Crippen LogP contribution in [0.3, 0.4) is 0 Å². The first-order valence-electron chi connectivity index (χ1n) is 4.41. The average molecular weight is 291 g/mol. The second-order valence-corrected chi connectivity index (χ2v) is 5.61. The van der Waals surface area contributed by atoms with Gasteiger partial charge < -0.3 is 4.74 Å². The van der Waals surface area contributed by atoms with Crippen molar-refractivity contribution in [3.63, 3.8) is 0 Å². The third kappa shape index (κ3) is 3.43. The number of ether oxygens (including phenoxy) is 1. The number of hydrogen-bond acceptors (Lipinski definition) is 4. The van der Waals surface area contributed by atoms with Crippen LogP contribution >= 0.6 is 27.3 Å². The second-order valence-electron chi connectivity index (χ2n) is 3.15. The lowest BCUT2D eigenvalue weighted by Gasteiger charge is -2.06. The summed E-state index contributed by atoms with van der Waals surface area (Å²) in [4.78, 5) is 23.4. The number of esters is 1. The Morgan fingerprint density at radius 1 is 1.53 bits per heavy atom. The molecule has 0 fully saturated rings. The van der Waals surface area contributed by atoms with E-state index in [0.717, 1.165) is 3.79 Å². The molecule has 15 heavy (non-hydrogen) atoms. The van der Waals surface area contributed by atoms with Gasteiger partial charge >= 0.3 is 5.97 Å². The summed E-state index contributed by atoms with van der Waals surface area (Å²) in [5, 5.41) is 0. The van der Waals surface area contributed by atoms with E-state index in [0.29, 0.717) is 4.88 Å². The van der Waals surface area contributed by atoms with Crippen molar-refractivity contribution in [2.24, 2.45) is 5.92 Å². The van der Waals surface area contributed by atoms with E-state index in [1.54, 1.807) is 13.0 Å². The maximum atomic E-state index is 11.8. The van der Waals surface area contributed by atoms with E-state index >= 15 is 0 Å². The lowest BCUT2D eigenvalue weighted by molar-refractivity contribution is -0.141. The van der Waals surface area contributed by atoms with Gasteiger partial charge in [0, 0.05) is 5.92 Å². The quantitative estimate of drug-likeness (QED) is 0.633. The Labute approximate surface area is 101 Å². The van der Waals surface area contributed by atoms with Crippen LogP contribution in [0.4, 0.5) is 0 Å². The highest BCUT2D eigenvalue weighted by Crippen LogP contribution is 2.25. The smallest absolute Gasteiger partial charge is 0.306 e. The van der Waals surface area contributed by atoms with Crippen molar-refractivity contribution in [2.75, 3.05) is 7.11 Å². The molecule has 0 aliphatic heterocycles. The molecule has 0 radical (unpaired) electrons. The first-order valence-corrected chi connectivity index (χ1v) is 6.02. The lowest BCUT2D eigenvalue weighted by Crippen LogP contribution is -2.15. The zero-order valence-corrected chi connectivity index (χ0v) is 10.9. The van der Waals surface area contributed by atoms with Gasteiger partial charge in [-0.1, -0.05) is 6.92 Å². The third-order valence-corrected chi connectivity index (χ3v) is 3.60. The molecule has 0 N–H and O–H groups in total. The molecule has 0 saturated carbocycles. The molecule has 1 aromatic rings. The van der Waals surface area contributed by atoms with Crippen LogP contribution in [0.2, 0.25) is 0 Å². The lowest BCUT2D eigenvalue weighted by atomic mass is 10.0. The Kier molecular flexibility index (Phi) is 4.47. The molecular formula is C10H11BrO3S. The van der Waals surface area contributed by atoms with Crippen LogP contribution in [0.1, 0.15) is 23.0 Å². The van der Waals surface area contributed by atoms with Gasteiger partial charge in [-0.3, -0.25) is 9.59 Å². The molecule has 0 amide bonds. The molecule has 1 heterocycles. The van der Waals surface area contributed by atoms with Crippen molar-refractivity contribution in [3.8, 4) is 0 Å². The van der Waals surface area contributed by atoms with Crippen LogP contribution in [0.25, 0.3) is 0 Å². The number of halogens is 1. The summed E-state index contributed by atoms with van der Waals surface area (Å²) < 4.78 is 5.43. The van der Waals surface area contributed by atoms with Gasteiger partial charge in [-0.2, -0.15) is 0 Å². The Morgan fingerprint density at radius 3 is 2.67 bits per heavy atom. The molecule has 0 saturated heterocycles. The zero-order valence-electron chi connectivity index (χ0n) is 8.45. The first-order chi connectivity index (χ1) is 7.04. The highest BCUT2D eigenvalue weighted by molar-refractivity contribution is 9.11. The van der Waals surface area contributed by atoms with Crippen molar-refractivity contribution >= 4 is 39.0 Å². The number of ketones is 1. The van der Waals surface area contributed by atoms with E-state index in [1.165, 1.54) is 18.4 Å². The number of carbonyl (C=O) groups is 2. The summed E-state index contributed by atoms with van der Waals surface area (Å²) in [6.07, 6.45) is 0.130. The number of methoxy groups -OCH3 is 1. The highest BCUT2D eigenvalue weighted by atomic mass is 79.9. The molecule has 0 aromatic carbocycles. The Morgan fingerprint density at radius 2 is 2.20 bits per heavy atom. The fourth-order valence-electron chi connectivity index (χ4n) is 1.12. The summed E-state index contributed by atoms with van der Waals surface area (Å²) in [5.41, 5.74) is 0. The molecule has 3 nitrogen and oxygen atoms in total. The van der Waals surface area contributed by atoms with Gasteiger partial charge in [0.05, 0.1) is 22.2 Å². The van der Waals surface area contributed by atoms with E-state index in [9.17, 15) is 9.59 Å². The molecule has 0 spiro atoms. The predicted molar refractivity (Wildman–Crippen MR) is 62.1 cm³/mol. The fourth-order valence-corrected chi connectivity index (χ4v) is 2.55. The predicted octanol–water partition coefficient (Wildman–Crippen LogP) is 2.89. The third-order valence-electron chi connectivity index (χ3n) is 1.96. The molecular weight excluding hydrogens is 280 g/mol. The summed E-state index contributed by atoms with van der Waals surface area (Å²) in [7, 11) is 1.32. The van der Waals surface area contributed by atoms with Crippen LogP contribution in [0, 0.1) is 5.92 Å².